The van der Waals surface area contributed by atoms with Crippen LogP contribution in [-0.2, 0) is 16.0 Å². The van der Waals surface area contributed by atoms with E-state index in [0.717, 1.165) is 31.4 Å². The maximum absolute atomic E-state index is 13.5. The van der Waals surface area contributed by atoms with E-state index in [9.17, 15) is 9.59 Å². The Labute approximate surface area is 188 Å². The van der Waals surface area contributed by atoms with Crippen LogP contribution in [0.15, 0.2) is 36.4 Å². The van der Waals surface area contributed by atoms with Gasteiger partial charge in [0, 0.05) is 36.0 Å². The van der Waals surface area contributed by atoms with Crippen molar-refractivity contribution in [2.75, 3.05) is 38.1 Å². The molecule has 0 unspecified atom stereocenters. The Morgan fingerprint density at radius 1 is 0.938 bits per heavy atom. The lowest BCUT2D eigenvalue weighted by atomic mass is 9.77. The van der Waals surface area contributed by atoms with E-state index in [1.807, 2.05) is 23.1 Å². The number of methoxy groups -OCH3 is 3. The minimum absolute atomic E-state index is 0.0553. The van der Waals surface area contributed by atoms with Crippen molar-refractivity contribution in [1.29, 1.82) is 0 Å². The van der Waals surface area contributed by atoms with Crippen molar-refractivity contribution >= 4 is 23.2 Å². The third-order valence-corrected chi connectivity index (χ3v) is 6.51. The number of anilines is 2. The average molecular weight is 439 g/mol. The molecule has 32 heavy (non-hydrogen) atoms. The molecule has 7 nitrogen and oxygen atoms in total. The van der Waals surface area contributed by atoms with Crippen LogP contribution in [0.3, 0.4) is 0 Å². The van der Waals surface area contributed by atoms with Gasteiger partial charge >= 0.3 is 0 Å². The van der Waals surface area contributed by atoms with Crippen LogP contribution in [0.5, 0.6) is 17.2 Å². The summed E-state index contributed by atoms with van der Waals surface area (Å²) in [5, 5.41) is 2.98. The Bertz CT molecular complexity index is 981. The Morgan fingerprint density at radius 3 is 2.25 bits per heavy atom. The predicted octanol–water partition coefficient (Wildman–Crippen LogP) is 4.05. The summed E-state index contributed by atoms with van der Waals surface area (Å²) in [5.74, 6) is 0.607. The Kier molecular flexibility index (Phi) is 6.53. The quantitative estimate of drug-likeness (QED) is 0.736. The summed E-state index contributed by atoms with van der Waals surface area (Å²) in [4.78, 5) is 28.7. The van der Waals surface area contributed by atoms with E-state index in [0.29, 0.717) is 35.9 Å². The van der Waals surface area contributed by atoms with E-state index in [2.05, 4.69) is 11.4 Å². The molecule has 2 atom stereocenters. The Hall–Kier alpha value is -3.22. The molecule has 1 fully saturated rings. The Morgan fingerprint density at radius 2 is 1.59 bits per heavy atom. The number of nitrogens with zero attached hydrogens (tertiary/aromatic N) is 1. The van der Waals surface area contributed by atoms with Gasteiger partial charge in [0.05, 0.1) is 27.2 Å². The van der Waals surface area contributed by atoms with Crippen LogP contribution < -0.4 is 24.4 Å². The fourth-order valence-electron chi connectivity index (χ4n) is 4.90. The first-order valence-corrected chi connectivity index (χ1v) is 11.1. The minimum atomic E-state index is -0.372. The summed E-state index contributed by atoms with van der Waals surface area (Å²) in [6, 6.07) is 11.4. The summed E-state index contributed by atoms with van der Waals surface area (Å²) >= 11 is 0. The van der Waals surface area contributed by atoms with Crippen molar-refractivity contribution in [1.82, 2.24) is 0 Å². The molecule has 2 amide bonds. The molecule has 1 aliphatic heterocycles. The van der Waals surface area contributed by atoms with Gasteiger partial charge in [-0.25, -0.2) is 0 Å². The molecule has 1 heterocycles. The lowest BCUT2D eigenvalue weighted by Gasteiger charge is -2.32. The van der Waals surface area contributed by atoms with E-state index < -0.39 is 0 Å². The van der Waals surface area contributed by atoms with Gasteiger partial charge in [-0.2, -0.15) is 0 Å². The number of rotatable bonds is 6. The number of hydrogen-bond donors (Lipinski definition) is 1. The highest BCUT2D eigenvalue weighted by atomic mass is 16.5. The van der Waals surface area contributed by atoms with Crippen LogP contribution in [0.1, 0.15) is 31.2 Å². The van der Waals surface area contributed by atoms with Gasteiger partial charge in [0.1, 0.15) is 0 Å². The topological polar surface area (TPSA) is 77.1 Å². The van der Waals surface area contributed by atoms with E-state index in [-0.39, 0.29) is 23.7 Å². The number of carbonyl (C=O) groups excluding carboxylic acids is 2. The Balaban J connectivity index is 1.54. The molecule has 4 rings (SSSR count). The number of para-hydroxylation sites is 1. The summed E-state index contributed by atoms with van der Waals surface area (Å²) in [7, 11) is 4.60. The highest BCUT2D eigenvalue weighted by Gasteiger charge is 2.39. The highest BCUT2D eigenvalue weighted by Crippen LogP contribution is 2.41. The predicted molar refractivity (Wildman–Crippen MR) is 123 cm³/mol. The van der Waals surface area contributed by atoms with Gasteiger partial charge in [0.25, 0.3) is 0 Å². The van der Waals surface area contributed by atoms with Crippen molar-refractivity contribution in [2.45, 2.75) is 32.1 Å². The van der Waals surface area contributed by atoms with Crippen LogP contribution in [0.4, 0.5) is 11.4 Å². The molecular weight excluding hydrogens is 408 g/mol. The minimum Gasteiger partial charge on any atom is -0.493 e. The number of benzene rings is 2. The van der Waals surface area contributed by atoms with Crippen molar-refractivity contribution in [3.05, 3.63) is 42.0 Å². The zero-order valence-electron chi connectivity index (χ0n) is 18.8. The van der Waals surface area contributed by atoms with Crippen LogP contribution in [0.2, 0.25) is 0 Å². The summed E-state index contributed by atoms with van der Waals surface area (Å²) in [6.07, 6.45) is 4.18. The first kappa shape index (κ1) is 22.0. The monoisotopic (exact) mass is 438 g/mol. The smallest absolute Gasteiger partial charge is 0.230 e. The third kappa shape index (κ3) is 4.11. The molecule has 0 saturated heterocycles. The fourth-order valence-corrected chi connectivity index (χ4v) is 4.90. The third-order valence-electron chi connectivity index (χ3n) is 6.51. The highest BCUT2D eigenvalue weighted by molar-refractivity contribution is 6.02. The van der Waals surface area contributed by atoms with Gasteiger partial charge in [-0.3, -0.25) is 9.59 Å². The summed E-state index contributed by atoms with van der Waals surface area (Å²) < 4.78 is 16.1. The summed E-state index contributed by atoms with van der Waals surface area (Å²) in [5.41, 5.74) is 2.72. The van der Waals surface area contributed by atoms with E-state index in [1.165, 1.54) is 26.9 Å². The molecule has 0 spiro atoms. The second kappa shape index (κ2) is 9.51. The molecule has 0 aromatic heterocycles. The number of ether oxygens (including phenoxy) is 3. The molecule has 0 radical (unpaired) electrons. The van der Waals surface area contributed by atoms with E-state index in [4.69, 9.17) is 14.2 Å². The largest absolute Gasteiger partial charge is 0.493 e. The number of carbonyl (C=O) groups is 2. The molecule has 1 aliphatic carbocycles. The molecule has 7 heteroatoms. The van der Waals surface area contributed by atoms with E-state index in [1.54, 1.807) is 12.1 Å². The first-order chi connectivity index (χ1) is 15.6. The summed E-state index contributed by atoms with van der Waals surface area (Å²) in [6.45, 7) is 0.676. The SMILES string of the molecule is COc1cc(NC(=O)[C@H]2CCCC[C@@H]2C(=O)N2CCc3ccccc32)cc(OC)c1OC. The zero-order chi connectivity index (χ0) is 22.7. The standard InChI is InChI=1S/C25H30N2O5/c1-30-21-14-17(15-22(31-2)23(21)32-3)26-24(28)18-9-5-6-10-19(18)25(29)27-13-12-16-8-4-7-11-20(16)27/h4,7-8,11,14-15,18-19H,5-6,9-10,12-13H2,1-3H3,(H,26,28)/t18-,19-/m0/s1. The molecule has 1 saturated carbocycles. The van der Waals surface area contributed by atoms with Crippen molar-refractivity contribution in [3.8, 4) is 17.2 Å². The second-order valence-electron chi connectivity index (χ2n) is 8.27. The van der Waals surface area contributed by atoms with Gasteiger partial charge in [-0.05, 0) is 30.9 Å². The zero-order valence-corrected chi connectivity index (χ0v) is 18.8. The number of nitrogens with one attached hydrogen (secondary N) is 1. The average Bonchev–Trinajstić information content (AvgIpc) is 3.27. The molecular formula is C25H30N2O5. The molecule has 2 aromatic rings. The molecule has 170 valence electrons. The molecule has 2 aliphatic rings. The van der Waals surface area contributed by atoms with Crippen LogP contribution >= 0.6 is 0 Å². The first-order valence-electron chi connectivity index (χ1n) is 11.1. The van der Waals surface area contributed by atoms with Crippen molar-refractivity contribution < 1.29 is 23.8 Å². The fraction of sp³-hybridized carbons (Fsp3) is 0.440. The van der Waals surface area contributed by atoms with Gasteiger partial charge in [-0.15, -0.1) is 0 Å². The van der Waals surface area contributed by atoms with Gasteiger partial charge in [0.2, 0.25) is 17.6 Å². The molecule has 2 aromatic carbocycles. The lowest BCUT2D eigenvalue weighted by molar-refractivity contribution is -0.132. The van der Waals surface area contributed by atoms with Crippen LogP contribution in [-0.4, -0.2) is 39.7 Å². The number of fused-ring (bicyclic) bond motifs is 1. The number of amides is 2. The second-order valence-corrected chi connectivity index (χ2v) is 8.27. The lowest BCUT2D eigenvalue weighted by Crippen LogP contribution is -2.43. The van der Waals surface area contributed by atoms with Crippen molar-refractivity contribution in [3.63, 3.8) is 0 Å². The number of hydrogen-bond acceptors (Lipinski definition) is 5. The van der Waals surface area contributed by atoms with E-state index >= 15 is 0 Å². The van der Waals surface area contributed by atoms with Gasteiger partial charge in [0.15, 0.2) is 11.5 Å². The normalized spacial score (nSPS) is 19.8. The van der Waals surface area contributed by atoms with Gasteiger partial charge < -0.3 is 24.4 Å². The maximum Gasteiger partial charge on any atom is 0.230 e. The molecule has 0 bridgehead atoms. The van der Waals surface area contributed by atoms with Crippen LogP contribution in [0, 0.1) is 11.8 Å². The van der Waals surface area contributed by atoms with Crippen molar-refractivity contribution in [2.24, 2.45) is 11.8 Å². The van der Waals surface area contributed by atoms with Gasteiger partial charge in [-0.1, -0.05) is 31.0 Å². The molecule has 1 N–H and O–H groups in total. The maximum atomic E-state index is 13.5. The van der Waals surface area contributed by atoms with Crippen LogP contribution in [0.25, 0.3) is 0 Å².